The molecule has 1 aliphatic rings. The van der Waals surface area contributed by atoms with Crippen LogP contribution in [0.15, 0.2) is 71.4 Å². The summed E-state index contributed by atoms with van der Waals surface area (Å²) in [5.41, 5.74) is 1.13. The van der Waals surface area contributed by atoms with Crippen LogP contribution in [0.5, 0.6) is 5.88 Å². The molecule has 0 radical (unpaired) electrons. The third-order valence-electron chi connectivity index (χ3n) is 5.24. The van der Waals surface area contributed by atoms with Gasteiger partial charge < -0.3 is 14.2 Å². The van der Waals surface area contributed by atoms with Crippen LogP contribution in [0.4, 0.5) is 13.2 Å². The highest BCUT2D eigenvalue weighted by Crippen LogP contribution is 2.32. The first kappa shape index (κ1) is 20.0. The fourth-order valence-corrected chi connectivity index (χ4v) is 3.55. The molecule has 9 heteroatoms. The van der Waals surface area contributed by atoms with Crippen LogP contribution < -0.4 is 4.74 Å². The second kappa shape index (κ2) is 7.67. The summed E-state index contributed by atoms with van der Waals surface area (Å²) in [4.78, 5) is 18.3. The second-order valence-corrected chi connectivity index (χ2v) is 7.44. The summed E-state index contributed by atoms with van der Waals surface area (Å²) >= 11 is 0. The number of hydrogen-bond acceptors (Lipinski definition) is 5. The molecule has 0 bridgehead atoms. The molecule has 1 amide bonds. The topological polar surface area (TPSA) is 68.5 Å². The number of carbonyl (C=O) groups excluding carboxylic acids is 1. The highest BCUT2D eigenvalue weighted by molar-refractivity contribution is 6.01. The van der Waals surface area contributed by atoms with E-state index in [9.17, 15) is 18.0 Å². The number of hydrogen-bond donors (Lipinski definition) is 0. The van der Waals surface area contributed by atoms with Crippen molar-refractivity contribution in [3.05, 3.63) is 78.0 Å². The monoisotopic (exact) mass is 439 g/mol. The first-order valence-corrected chi connectivity index (χ1v) is 9.82. The van der Waals surface area contributed by atoms with Gasteiger partial charge in [0.1, 0.15) is 11.6 Å². The van der Waals surface area contributed by atoms with E-state index in [1.165, 1.54) is 0 Å². The summed E-state index contributed by atoms with van der Waals surface area (Å²) < 4.78 is 49.5. The predicted molar refractivity (Wildman–Crippen MR) is 109 cm³/mol. The van der Waals surface area contributed by atoms with Crippen molar-refractivity contribution in [1.82, 2.24) is 15.0 Å². The van der Waals surface area contributed by atoms with E-state index >= 15 is 0 Å². The van der Waals surface area contributed by atoms with Crippen molar-refractivity contribution >= 4 is 16.8 Å². The summed E-state index contributed by atoms with van der Waals surface area (Å²) in [6.07, 6.45) is -3.84. The van der Waals surface area contributed by atoms with Gasteiger partial charge >= 0.3 is 6.18 Å². The molecule has 1 saturated heterocycles. The average Bonchev–Trinajstić information content (AvgIpc) is 3.19. The lowest BCUT2D eigenvalue weighted by molar-refractivity contribution is -0.137. The molecule has 6 nitrogen and oxygen atoms in total. The highest BCUT2D eigenvalue weighted by Gasteiger charge is 2.35. The van der Waals surface area contributed by atoms with Crippen molar-refractivity contribution in [2.75, 3.05) is 13.1 Å². The predicted octanol–water partition coefficient (Wildman–Crippen LogP) is 4.81. The third-order valence-corrected chi connectivity index (χ3v) is 5.24. The maximum absolute atomic E-state index is 12.9. The molecule has 0 N–H and O–H groups in total. The summed E-state index contributed by atoms with van der Waals surface area (Å²) in [5.74, 6) is 0.259. The summed E-state index contributed by atoms with van der Waals surface area (Å²) in [6.45, 7) is 0.508. The van der Waals surface area contributed by atoms with Crippen LogP contribution >= 0.6 is 0 Å². The molecular formula is C23H16F3N3O3. The van der Waals surface area contributed by atoms with Gasteiger partial charge in [-0.3, -0.25) is 4.79 Å². The SMILES string of the molecule is O=C(c1ccc2noc(-c3ccccc3)c2c1)N1CC(Oc2cc(C(F)(F)F)ccn2)C1. The molecule has 0 atom stereocenters. The van der Waals surface area contributed by atoms with Gasteiger partial charge in [-0.1, -0.05) is 35.5 Å². The zero-order valence-corrected chi connectivity index (χ0v) is 16.5. The van der Waals surface area contributed by atoms with Crippen LogP contribution in [0.2, 0.25) is 0 Å². The van der Waals surface area contributed by atoms with E-state index in [4.69, 9.17) is 9.26 Å². The summed E-state index contributed by atoms with van der Waals surface area (Å²) in [5, 5.41) is 4.78. The van der Waals surface area contributed by atoms with E-state index in [-0.39, 0.29) is 24.9 Å². The molecule has 3 heterocycles. The maximum Gasteiger partial charge on any atom is 0.416 e. The van der Waals surface area contributed by atoms with Gasteiger partial charge in [0.2, 0.25) is 5.88 Å². The summed E-state index contributed by atoms with van der Waals surface area (Å²) in [7, 11) is 0. The van der Waals surface area contributed by atoms with E-state index in [0.717, 1.165) is 29.3 Å². The van der Waals surface area contributed by atoms with E-state index in [2.05, 4.69) is 10.1 Å². The summed E-state index contributed by atoms with van der Waals surface area (Å²) in [6, 6.07) is 16.3. The van der Waals surface area contributed by atoms with Crippen molar-refractivity contribution in [2.24, 2.45) is 0 Å². The van der Waals surface area contributed by atoms with Crippen molar-refractivity contribution in [3.63, 3.8) is 0 Å². The minimum Gasteiger partial charge on any atom is -0.471 e. The number of aromatic nitrogens is 2. The van der Waals surface area contributed by atoms with Gasteiger partial charge in [0.05, 0.1) is 24.0 Å². The normalized spacial score (nSPS) is 14.4. The lowest BCUT2D eigenvalue weighted by Gasteiger charge is -2.38. The molecule has 1 fully saturated rings. The van der Waals surface area contributed by atoms with Gasteiger partial charge in [-0.15, -0.1) is 0 Å². The van der Waals surface area contributed by atoms with E-state index in [0.29, 0.717) is 16.8 Å². The quantitative estimate of drug-likeness (QED) is 0.457. The number of likely N-dealkylation sites (tertiary alicyclic amines) is 1. The average molecular weight is 439 g/mol. The minimum atomic E-state index is -4.47. The Morgan fingerprint density at radius 2 is 1.84 bits per heavy atom. The Morgan fingerprint density at radius 1 is 1.06 bits per heavy atom. The number of halogens is 3. The molecule has 2 aromatic carbocycles. The van der Waals surface area contributed by atoms with Gasteiger partial charge in [0, 0.05) is 23.4 Å². The molecule has 4 aromatic rings. The molecular weight excluding hydrogens is 423 g/mol. The van der Waals surface area contributed by atoms with E-state index < -0.39 is 17.8 Å². The number of pyridine rings is 1. The number of nitrogens with zero attached hydrogens (tertiary/aromatic N) is 3. The van der Waals surface area contributed by atoms with Crippen molar-refractivity contribution < 1.29 is 27.2 Å². The molecule has 162 valence electrons. The number of alkyl halides is 3. The van der Waals surface area contributed by atoms with Gasteiger partial charge in [0.25, 0.3) is 5.91 Å². The fourth-order valence-electron chi connectivity index (χ4n) is 3.55. The Labute approximate surface area is 180 Å². The Morgan fingerprint density at radius 3 is 2.59 bits per heavy atom. The number of ether oxygens (including phenoxy) is 1. The van der Waals surface area contributed by atoms with Crippen molar-refractivity contribution in [2.45, 2.75) is 12.3 Å². The highest BCUT2D eigenvalue weighted by atomic mass is 19.4. The third kappa shape index (κ3) is 3.77. The van der Waals surface area contributed by atoms with Crippen LogP contribution in [0.1, 0.15) is 15.9 Å². The zero-order chi connectivity index (χ0) is 22.3. The zero-order valence-electron chi connectivity index (χ0n) is 16.5. The van der Waals surface area contributed by atoms with Gasteiger partial charge in [-0.2, -0.15) is 13.2 Å². The minimum absolute atomic E-state index is 0.115. The molecule has 0 aliphatic carbocycles. The lowest BCUT2D eigenvalue weighted by Crippen LogP contribution is -2.56. The van der Waals surface area contributed by atoms with Crippen LogP contribution in [0.25, 0.3) is 22.2 Å². The number of amides is 1. The molecule has 1 aliphatic heterocycles. The first-order chi connectivity index (χ1) is 15.4. The van der Waals surface area contributed by atoms with Crippen molar-refractivity contribution in [3.8, 4) is 17.2 Å². The van der Waals surface area contributed by atoms with Gasteiger partial charge in [-0.25, -0.2) is 4.98 Å². The van der Waals surface area contributed by atoms with Crippen molar-refractivity contribution in [1.29, 1.82) is 0 Å². The Balaban J connectivity index is 1.28. The number of fused-ring (bicyclic) bond motifs is 1. The van der Waals surface area contributed by atoms with Gasteiger partial charge in [0.15, 0.2) is 5.76 Å². The standard InChI is InChI=1S/C23H16F3N3O3/c24-23(25,26)16-8-9-27-20(11-16)31-17-12-29(13-17)22(30)15-6-7-19-18(10-15)21(32-28-19)14-4-2-1-3-5-14/h1-11,17H,12-13H2. The van der Waals surface area contributed by atoms with Crippen LogP contribution in [-0.4, -0.2) is 40.1 Å². The molecule has 2 aromatic heterocycles. The second-order valence-electron chi connectivity index (χ2n) is 7.44. The fraction of sp³-hybridized carbons (Fsp3) is 0.174. The lowest BCUT2D eigenvalue weighted by atomic mass is 10.0. The Hall–Kier alpha value is -3.88. The van der Waals surface area contributed by atoms with Crippen LogP contribution in [0, 0.1) is 0 Å². The van der Waals surface area contributed by atoms with Gasteiger partial charge in [-0.05, 0) is 24.3 Å². The molecule has 0 saturated carbocycles. The molecule has 0 unspecified atom stereocenters. The molecule has 32 heavy (non-hydrogen) atoms. The molecule has 5 rings (SSSR count). The van der Waals surface area contributed by atoms with E-state index in [1.807, 2.05) is 30.3 Å². The largest absolute Gasteiger partial charge is 0.471 e. The van der Waals surface area contributed by atoms with E-state index in [1.54, 1.807) is 23.1 Å². The smallest absolute Gasteiger partial charge is 0.416 e. The number of carbonyl (C=O) groups is 1. The first-order valence-electron chi connectivity index (χ1n) is 9.82. The Kier molecular flexibility index (Phi) is 4.80. The Bertz CT molecular complexity index is 1280. The van der Waals surface area contributed by atoms with Crippen LogP contribution in [-0.2, 0) is 6.18 Å². The number of benzene rings is 2. The number of rotatable bonds is 4. The van der Waals surface area contributed by atoms with Crippen LogP contribution in [0.3, 0.4) is 0 Å². The molecule has 0 spiro atoms. The maximum atomic E-state index is 12.9.